The normalized spacial score (nSPS) is 23.1. The van der Waals surface area contributed by atoms with Crippen molar-refractivity contribution in [3.63, 3.8) is 0 Å². The fourth-order valence-corrected chi connectivity index (χ4v) is 4.80. The molecule has 0 aliphatic heterocycles. The lowest BCUT2D eigenvalue weighted by Gasteiger charge is -2.19. The van der Waals surface area contributed by atoms with Crippen molar-refractivity contribution in [2.24, 2.45) is 11.1 Å². The van der Waals surface area contributed by atoms with Crippen LogP contribution in [0.25, 0.3) is 27.7 Å². The first-order chi connectivity index (χ1) is 16.2. The van der Waals surface area contributed by atoms with E-state index in [1.165, 1.54) is 6.07 Å². The number of hydrogen-bond acceptors (Lipinski definition) is 8. The Labute approximate surface area is 194 Å². The van der Waals surface area contributed by atoms with E-state index < -0.39 is 34.5 Å². The fourth-order valence-electron chi connectivity index (χ4n) is 4.44. The van der Waals surface area contributed by atoms with Crippen molar-refractivity contribution >= 4 is 32.5 Å². The molecule has 2 heterocycles. The van der Waals surface area contributed by atoms with Crippen molar-refractivity contribution in [3.05, 3.63) is 60.5 Å². The van der Waals surface area contributed by atoms with E-state index >= 15 is 0 Å². The van der Waals surface area contributed by atoms with Crippen LogP contribution in [0.1, 0.15) is 6.42 Å². The number of nitrogens with two attached hydrogens (primary N) is 1. The predicted octanol–water partition coefficient (Wildman–Crippen LogP) is 1.43. The summed E-state index contributed by atoms with van der Waals surface area (Å²) in [4.78, 5) is 4.34. The lowest BCUT2D eigenvalue weighted by atomic mass is 10.0. The van der Waals surface area contributed by atoms with Crippen molar-refractivity contribution in [2.75, 3.05) is 11.9 Å². The second kappa shape index (κ2) is 8.56. The van der Waals surface area contributed by atoms with Gasteiger partial charge < -0.3 is 15.5 Å². The number of aliphatic hydroxyl groups excluding tert-OH is 2. The van der Waals surface area contributed by atoms with Crippen LogP contribution in [0.5, 0.6) is 0 Å². The predicted molar refractivity (Wildman–Crippen MR) is 122 cm³/mol. The third-order valence-electron chi connectivity index (χ3n) is 6.08. The molecule has 0 amide bonds. The summed E-state index contributed by atoms with van der Waals surface area (Å²) < 4.78 is 42.5. The Hall–Kier alpha value is -3.16. The quantitative estimate of drug-likeness (QED) is 0.319. The molecule has 5 N–H and O–H groups in total. The number of aliphatic hydroxyl groups is 2. The van der Waals surface area contributed by atoms with Gasteiger partial charge in [0, 0.05) is 29.1 Å². The minimum atomic E-state index is -4.16. The topological polar surface area (TPSA) is 152 Å². The highest BCUT2D eigenvalue weighted by atomic mass is 32.2. The second-order valence-corrected chi connectivity index (χ2v) is 9.50. The van der Waals surface area contributed by atoms with Gasteiger partial charge in [-0.1, -0.05) is 30.3 Å². The molecule has 4 atom stereocenters. The third-order valence-corrected chi connectivity index (χ3v) is 6.55. The summed E-state index contributed by atoms with van der Waals surface area (Å²) in [6.45, 7) is -0.343. The van der Waals surface area contributed by atoms with Gasteiger partial charge in [0.2, 0.25) is 0 Å². The maximum Gasteiger partial charge on any atom is 0.333 e. The molecule has 2 aromatic carbocycles. The summed E-state index contributed by atoms with van der Waals surface area (Å²) >= 11 is 0. The molecule has 0 saturated heterocycles. The van der Waals surface area contributed by atoms with Crippen LogP contribution in [-0.2, 0) is 14.5 Å². The Balaban J connectivity index is 1.45. The molecule has 0 bridgehead atoms. The highest BCUT2D eigenvalue weighted by Gasteiger charge is 2.42. The summed E-state index contributed by atoms with van der Waals surface area (Å²) in [5.74, 6) is -0.452. The molecular weight excluding hydrogens is 465 g/mol. The molecule has 1 aliphatic rings. The highest BCUT2D eigenvalue weighted by molar-refractivity contribution is 7.84. The minimum Gasteiger partial charge on any atom is -0.390 e. The standard InChI is InChI=1S/C22H22FN5O5S/c23-16-6-2-3-13-14(16)4-1-5-15(13)17-10-20-25-8-7-19(28(20)27-17)26-18-9-12(21(29)22(18)30)11-33-34(24,31)32/h1-8,10,12,18,21-22,26,29-30H,9,11H2,(H2,24,31,32)/t12-,18-,21-,22+/m1/s1. The molecule has 34 heavy (non-hydrogen) atoms. The van der Waals surface area contributed by atoms with E-state index in [-0.39, 0.29) is 18.8 Å². The Morgan fingerprint density at radius 1 is 1.15 bits per heavy atom. The number of hydrogen-bond donors (Lipinski definition) is 4. The van der Waals surface area contributed by atoms with E-state index in [9.17, 15) is 23.0 Å². The first kappa shape index (κ1) is 22.6. The van der Waals surface area contributed by atoms with E-state index in [4.69, 9.17) is 5.14 Å². The molecule has 5 rings (SSSR count). The monoisotopic (exact) mass is 487 g/mol. The average Bonchev–Trinajstić information content (AvgIpc) is 3.35. The number of nitrogens with one attached hydrogen (secondary N) is 1. The van der Waals surface area contributed by atoms with Gasteiger partial charge in [0.25, 0.3) is 0 Å². The Bertz CT molecular complexity index is 1480. The van der Waals surface area contributed by atoms with Gasteiger partial charge in [-0.05, 0) is 23.9 Å². The van der Waals surface area contributed by atoms with Crippen LogP contribution in [0.2, 0.25) is 0 Å². The van der Waals surface area contributed by atoms with E-state index in [0.717, 1.165) is 5.56 Å². The maximum absolute atomic E-state index is 14.3. The van der Waals surface area contributed by atoms with Crippen molar-refractivity contribution < 1.29 is 27.2 Å². The number of nitrogens with zero attached hydrogens (tertiary/aromatic N) is 3. The molecule has 1 aliphatic carbocycles. The molecule has 0 unspecified atom stereocenters. The molecule has 2 aromatic heterocycles. The molecule has 1 fully saturated rings. The first-order valence-corrected chi connectivity index (χ1v) is 12.0. The van der Waals surface area contributed by atoms with Gasteiger partial charge in [-0.3, -0.25) is 4.18 Å². The van der Waals surface area contributed by atoms with Gasteiger partial charge in [-0.25, -0.2) is 14.5 Å². The zero-order valence-electron chi connectivity index (χ0n) is 17.7. The molecule has 0 spiro atoms. The van der Waals surface area contributed by atoms with Crippen molar-refractivity contribution in [1.82, 2.24) is 14.6 Å². The van der Waals surface area contributed by atoms with Crippen LogP contribution in [-0.4, -0.2) is 58.1 Å². The minimum absolute atomic E-state index is 0.235. The molecule has 4 aromatic rings. The second-order valence-electron chi connectivity index (χ2n) is 8.28. The van der Waals surface area contributed by atoms with Crippen molar-refractivity contribution in [2.45, 2.75) is 24.7 Å². The molecule has 12 heteroatoms. The lowest BCUT2D eigenvalue weighted by molar-refractivity contribution is 0.00777. The van der Waals surface area contributed by atoms with Gasteiger partial charge in [0.15, 0.2) is 5.65 Å². The lowest BCUT2D eigenvalue weighted by Crippen LogP contribution is -2.36. The van der Waals surface area contributed by atoms with Gasteiger partial charge in [-0.15, -0.1) is 0 Å². The highest BCUT2D eigenvalue weighted by Crippen LogP contribution is 2.32. The number of rotatable bonds is 6. The van der Waals surface area contributed by atoms with E-state index in [1.54, 1.807) is 41.0 Å². The smallest absolute Gasteiger partial charge is 0.333 e. The van der Waals surface area contributed by atoms with Crippen molar-refractivity contribution in [1.29, 1.82) is 0 Å². The summed E-state index contributed by atoms with van der Waals surface area (Å²) in [7, 11) is -4.16. The first-order valence-electron chi connectivity index (χ1n) is 10.5. The van der Waals surface area contributed by atoms with E-state index in [0.29, 0.717) is 27.9 Å². The van der Waals surface area contributed by atoms with Crippen LogP contribution < -0.4 is 10.5 Å². The number of halogens is 1. The number of benzene rings is 2. The van der Waals surface area contributed by atoms with E-state index in [1.807, 2.05) is 12.1 Å². The van der Waals surface area contributed by atoms with Gasteiger partial charge in [0.05, 0.1) is 24.4 Å². The summed E-state index contributed by atoms with van der Waals surface area (Å²) in [6, 6.07) is 13.0. The number of fused-ring (bicyclic) bond motifs is 2. The molecule has 178 valence electrons. The fraction of sp³-hybridized carbons (Fsp3) is 0.273. The molecule has 0 radical (unpaired) electrons. The van der Waals surface area contributed by atoms with Crippen LogP contribution >= 0.6 is 0 Å². The Kier molecular flexibility index (Phi) is 5.70. The largest absolute Gasteiger partial charge is 0.390 e. The Morgan fingerprint density at radius 2 is 1.91 bits per heavy atom. The number of aromatic nitrogens is 3. The Morgan fingerprint density at radius 3 is 2.71 bits per heavy atom. The zero-order valence-corrected chi connectivity index (χ0v) is 18.6. The van der Waals surface area contributed by atoms with Crippen LogP contribution in [0.3, 0.4) is 0 Å². The summed E-state index contributed by atoms with van der Waals surface area (Å²) in [5.41, 5.74) is 1.85. The zero-order chi connectivity index (χ0) is 24.0. The summed E-state index contributed by atoms with van der Waals surface area (Å²) in [5, 5.41) is 34.7. The SMILES string of the molecule is NS(=O)(=O)OC[C@H]1C[C@@H](Nc2ccnc3cc(-c4cccc5c(F)cccc45)nn23)[C@H](O)[C@@H]1O. The van der Waals surface area contributed by atoms with E-state index in [2.05, 4.69) is 19.6 Å². The van der Waals surface area contributed by atoms with Crippen LogP contribution in [0.4, 0.5) is 10.2 Å². The van der Waals surface area contributed by atoms with Gasteiger partial charge >= 0.3 is 10.3 Å². The molecule has 10 nitrogen and oxygen atoms in total. The maximum atomic E-state index is 14.3. The number of anilines is 1. The van der Waals surface area contributed by atoms with Crippen LogP contribution in [0.15, 0.2) is 54.7 Å². The van der Waals surface area contributed by atoms with Gasteiger partial charge in [0.1, 0.15) is 17.7 Å². The van der Waals surface area contributed by atoms with Crippen molar-refractivity contribution in [3.8, 4) is 11.3 Å². The van der Waals surface area contributed by atoms with Gasteiger partial charge in [-0.2, -0.15) is 18.0 Å². The third kappa shape index (κ3) is 4.21. The summed E-state index contributed by atoms with van der Waals surface area (Å²) in [6.07, 6.45) is -0.562. The van der Waals surface area contributed by atoms with Crippen LogP contribution in [0, 0.1) is 11.7 Å². The average molecular weight is 488 g/mol. The molecular formula is C22H22FN5O5S. The molecule has 1 saturated carbocycles.